The molecule has 454 valence electrons. The lowest BCUT2D eigenvalue weighted by atomic mass is 10.0. The van der Waals surface area contributed by atoms with Gasteiger partial charge in [-0.15, -0.1) is 0 Å². The van der Waals surface area contributed by atoms with Crippen molar-refractivity contribution in [3.05, 3.63) is 36.5 Å². The van der Waals surface area contributed by atoms with E-state index in [1.807, 2.05) is 6.08 Å². The van der Waals surface area contributed by atoms with Crippen LogP contribution in [0.5, 0.6) is 0 Å². The number of carbonyl (C=O) groups is 2. The topological polar surface area (TPSA) is 95.9 Å². The normalized spacial score (nSPS) is 12.7. The first-order valence-electron chi connectivity index (χ1n) is 34.8. The lowest BCUT2D eigenvalue weighted by molar-refractivity contribution is -0.143. The first-order valence-corrected chi connectivity index (χ1v) is 34.8. The number of carbonyl (C=O) groups excluding carboxylic acids is 2. The Morgan fingerprint density at radius 3 is 0.922 bits per heavy atom. The highest BCUT2D eigenvalue weighted by atomic mass is 16.5. The van der Waals surface area contributed by atoms with E-state index in [2.05, 4.69) is 43.5 Å². The molecular formula is C71H135NO5. The van der Waals surface area contributed by atoms with Gasteiger partial charge in [0.25, 0.3) is 0 Å². The quantitative estimate of drug-likeness (QED) is 0.0320. The predicted molar refractivity (Wildman–Crippen MR) is 338 cm³/mol. The van der Waals surface area contributed by atoms with E-state index in [1.165, 1.54) is 315 Å². The lowest BCUT2D eigenvalue weighted by Gasteiger charge is -2.20. The average Bonchev–Trinajstić information content (AvgIpc) is 3.43. The zero-order valence-corrected chi connectivity index (χ0v) is 52.0. The van der Waals surface area contributed by atoms with Crippen LogP contribution in [0.15, 0.2) is 36.5 Å². The number of hydrogen-bond acceptors (Lipinski definition) is 5. The van der Waals surface area contributed by atoms with Crippen LogP contribution in [0.4, 0.5) is 0 Å². The maximum atomic E-state index is 12.4. The van der Waals surface area contributed by atoms with Gasteiger partial charge in [0.15, 0.2) is 0 Å². The lowest BCUT2D eigenvalue weighted by Crippen LogP contribution is -2.45. The summed E-state index contributed by atoms with van der Waals surface area (Å²) < 4.78 is 5.51. The maximum Gasteiger partial charge on any atom is 0.305 e. The Morgan fingerprint density at radius 2 is 0.610 bits per heavy atom. The number of esters is 1. The van der Waals surface area contributed by atoms with Gasteiger partial charge in [-0.3, -0.25) is 9.59 Å². The van der Waals surface area contributed by atoms with Gasteiger partial charge in [-0.1, -0.05) is 320 Å². The van der Waals surface area contributed by atoms with Gasteiger partial charge in [0, 0.05) is 12.8 Å². The zero-order valence-electron chi connectivity index (χ0n) is 52.0. The van der Waals surface area contributed by atoms with Crippen LogP contribution >= 0.6 is 0 Å². The molecule has 0 spiro atoms. The summed E-state index contributed by atoms with van der Waals surface area (Å²) in [5.74, 6) is -0.0506. The monoisotopic (exact) mass is 1080 g/mol. The summed E-state index contributed by atoms with van der Waals surface area (Å²) >= 11 is 0. The Morgan fingerprint density at radius 1 is 0.351 bits per heavy atom. The number of ether oxygens (including phenoxy) is 1. The van der Waals surface area contributed by atoms with Crippen LogP contribution in [0.25, 0.3) is 0 Å². The fourth-order valence-electron chi connectivity index (χ4n) is 10.8. The minimum atomic E-state index is -0.843. The molecule has 6 heteroatoms. The second-order valence-corrected chi connectivity index (χ2v) is 23.9. The van der Waals surface area contributed by atoms with E-state index in [0.29, 0.717) is 19.4 Å². The molecule has 0 aliphatic carbocycles. The number of unbranched alkanes of at least 4 members (excludes halogenated alkanes) is 50. The summed E-state index contributed by atoms with van der Waals surface area (Å²) in [7, 11) is 0. The van der Waals surface area contributed by atoms with E-state index in [9.17, 15) is 19.8 Å². The number of nitrogens with one attached hydrogen (secondary N) is 1. The van der Waals surface area contributed by atoms with Gasteiger partial charge in [-0.05, 0) is 83.5 Å². The minimum absolute atomic E-state index is 0.0160. The minimum Gasteiger partial charge on any atom is -0.466 e. The summed E-state index contributed by atoms with van der Waals surface area (Å²) in [6.45, 7) is 4.92. The van der Waals surface area contributed by atoms with Crippen molar-refractivity contribution in [3.63, 3.8) is 0 Å². The SMILES string of the molecule is CCCCCCCC/C=C\CCCCCCCCCCCC(=O)OCCCCCCCCCCCCCC/C=C\CCCCCCCCCCCCCCCC(=O)NC(CO)C(O)/C=C/CCCCCCCCCCCC. The molecule has 2 unspecified atom stereocenters. The fraction of sp³-hybridized carbons (Fsp3) is 0.887. The largest absolute Gasteiger partial charge is 0.466 e. The molecular weight excluding hydrogens is 947 g/mol. The van der Waals surface area contributed by atoms with Gasteiger partial charge in [-0.25, -0.2) is 0 Å². The van der Waals surface area contributed by atoms with Crippen LogP contribution in [0.2, 0.25) is 0 Å². The average molecular weight is 1080 g/mol. The van der Waals surface area contributed by atoms with E-state index < -0.39 is 12.1 Å². The summed E-state index contributed by atoms with van der Waals surface area (Å²) in [4.78, 5) is 24.6. The molecule has 2 atom stereocenters. The molecule has 0 aliphatic rings. The third-order valence-electron chi connectivity index (χ3n) is 16.1. The molecule has 0 aromatic heterocycles. The van der Waals surface area contributed by atoms with Crippen LogP contribution in [-0.4, -0.2) is 47.4 Å². The van der Waals surface area contributed by atoms with Gasteiger partial charge < -0.3 is 20.3 Å². The number of aliphatic hydroxyl groups is 2. The predicted octanol–water partition coefficient (Wildman–Crippen LogP) is 22.3. The third kappa shape index (κ3) is 63.1. The van der Waals surface area contributed by atoms with Crippen molar-refractivity contribution in [2.24, 2.45) is 0 Å². The Balaban J connectivity index is 3.35. The van der Waals surface area contributed by atoms with Crippen molar-refractivity contribution < 1.29 is 24.5 Å². The van der Waals surface area contributed by atoms with Gasteiger partial charge in [-0.2, -0.15) is 0 Å². The van der Waals surface area contributed by atoms with Crippen molar-refractivity contribution in [1.82, 2.24) is 5.32 Å². The van der Waals surface area contributed by atoms with Crippen LogP contribution in [0, 0.1) is 0 Å². The van der Waals surface area contributed by atoms with E-state index in [4.69, 9.17) is 4.74 Å². The Bertz CT molecular complexity index is 1250. The first-order chi connectivity index (χ1) is 38.0. The maximum absolute atomic E-state index is 12.4. The summed E-state index contributed by atoms with van der Waals surface area (Å²) in [6.07, 6.45) is 85.1. The fourth-order valence-corrected chi connectivity index (χ4v) is 10.8. The summed E-state index contributed by atoms with van der Waals surface area (Å²) in [5, 5.41) is 23.1. The molecule has 3 N–H and O–H groups in total. The van der Waals surface area contributed by atoms with Crippen LogP contribution in [0.1, 0.15) is 380 Å². The van der Waals surface area contributed by atoms with Crippen LogP contribution < -0.4 is 5.32 Å². The Kier molecular flexibility index (Phi) is 64.9. The van der Waals surface area contributed by atoms with Crippen molar-refractivity contribution in [2.45, 2.75) is 392 Å². The van der Waals surface area contributed by atoms with Gasteiger partial charge in [0.05, 0.1) is 25.4 Å². The van der Waals surface area contributed by atoms with Crippen molar-refractivity contribution in [1.29, 1.82) is 0 Å². The summed E-state index contributed by atoms with van der Waals surface area (Å²) in [6, 6.07) is -0.626. The number of aliphatic hydroxyl groups excluding tert-OH is 2. The molecule has 0 heterocycles. The van der Waals surface area contributed by atoms with Gasteiger partial charge >= 0.3 is 5.97 Å². The Hall–Kier alpha value is -1.92. The first kappa shape index (κ1) is 75.1. The molecule has 0 radical (unpaired) electrons. The molecule has 0 aliphatic heterocycles. The van der Waals surface area contributed by atoms with Crippen LogP contribution in [0.3, 0.4) is 0 Å². The highest BCUT2D eigenvalue weighted by Gasteiger charge is 2.18. The van der Waals surface area contributed by atoms with Crippen LogP contribution in [-0.2, 0) is 14.3 Å². The van der Waals surface area contributed by atoms with E-state index in [1.54, 1.807) is 6.08 Å². The van der Waals surface area contributed by atoms with E-state index >= 15 is 0 Å². The standard InChI is InChI=1S/C71H135NO5/c1-3-5-7-9-11-13-15-17-18-19-31-35-38-41-45-49-53-57-61-65-71(76)77-66-62-58-54-50-46-42-39-36-33-30-28-26-24-22-20-21-23-25-27-29-32-34-37-40-44-48-52-56-60-64-70(75)72-68(67-73)69(74)63-59-55-51-47-43-16-14-12-10-8-6-4-2/h17-18,20,22,59,63,68-69,73-74H,3-16,19,21,23-58,60-62,64-67H2,1-2H3,(H,72,75)/b18-17-,22-20-,63-59+. The van der Waals surface area contributed by atoms with Gasteiger partial charge in [0.1, 0.15) is 0 Å². The second kappa shape index (κ2) is 66.6. The smallest absolute Gasteiger partial charge is 0.305 e. The molecule has 0 saturated carbocycles. The highest BCUT2D eigenvalue weighted by molar-refractivity contribution is 5.76. The molecule has 0 saturated heterocycles. The Labute approximate surface area is 481 Å². The third-order valence-corrected chi connectivity index (χ3v) is 16.1. The van der Waals surface area contributed by atoms with Crippen molar-refractivity contribution in [2.75, 3.05) is 13.2 Å². The second-order valence-electron chi connectivity index (χ2n) is 23.9. The molecule has 0 bridgehead atoms. The van der Waals surface area contributed by atoms with E-state index in [-0.39, 0.29) is 18.5 Å². The molecule has 0 aromatic carbocycles. The highest BCUT2D eigenvalue weighted by Crippen LogP contribution is 2.18. The number of allylic oxidation sites excluding steroid dienone is 5. The van der Waals surface area contributed by atoms with Crippen molar-refractivity contribution >= 4 is 11.9 Å². The zero-order chi connectivity index (χ0) is 55.7. The number of hydrogen-bond donors (Lipinski definition) is 3. The van der Waals surface area contributed by atoms with E-state index in [0.717, 1.165) is 38.5 Å². The molecule has 77 heavy (non-hydrogen) atoms. The van der Waals surface area contributed by atoms with Gasteiger partial charge in [0.2, 0.25) is 5.91 Å². The summed E-state index contributed by atoms with van der Waals surface area (Å²) in [5.41, 5.74) is 0. The molecule has 0 aromatic rings. The molecule has 0 fully saturated rings. The number of rotatable bonds is 65. The molecule has 0 rings (SSSR count). The van der Waals surface area contributed by atoms with Crippen molar-refractivity contribution in [3.8, 4) is 0 Å². The molecule has 1 amide bonds. The number of amides is 1. The molecule has 6 nitrogen and oxygen atoms in total.